The molecule has 1 heterocycles. The summed E-state index contributed by atoms with van der Waals surface area (Å²) in [5.41, 5.74) is 4.69. The molecule has 0 amide bonds. The normalized spacial score (nSPS) is 11.8. The maximum Gasteiger partial charge on any atom is 0.433 e. The van der Waals surface area contributed by atoms with E-state index in [2.05, 4.69) is 5.10 Å². The topological polar surface area (TPSA) is 54.7 Å². The lowest BCUT2D eigenvalue weighted by molar-refractivity contribution is -0.141. The molecule has 0 unspecified atom stereocenters. The molecule has 96 valence electrons. The van der Waals surface area contributed by atoms with Gasteiger partial charge in [-0.05, 0) is 24.3 Å². The fraction of sp³-hybridized carbons (Fsp3) is 0.182. The fourth-order valence-electron chi connectivity index (χ4n) is 1.64. The van der Waals surface area contributed by atoms with E-state index in [1.807, 2.05) is 5.10 Å². The molecule has 0 aliphatic heterocycles. The minimum Gasteiger partial charge on any atom is -0.326 e. The van der Waals surface area contributed by atoms with E-state index in [0.717, 1.165) is 12.1 Å². The third-order valence-electron chi connectivity index (χ3n) is 2.47. The van der Waals surface area contributed by atoms with Gasteiger partial charge in [-0.3, -0.25) is 5.10 Å². The van der Waals surface area contributed by atoms with Gasteiger partial charge in [0.1, 0.15) is 11.5 Å². The van der Waals surface area contributed by atoms with Crippen molar-refractivity contribution in [1.29, 1.82) is 0 Å². The Labute approximate surface area is 99.6 Å². The van der Waals surface area contributed by atoms with Crippen molar-refractivity contribution in [2.45, 2.75) is 12.7 Å². The van der Waals surface area contributed by atoms with Gasteiger partial charge in [-0.15, -0.1) is 0 Å². The Bertz CT molecular complexity index is 542. The highest BCUT2D eigenvalue weighted by Crippen LogP contribution is 2.34. The summed E-state index contributed by atoms with van der Waals surface area (Å²) in [4.78, 5) is 0. The van der Waals surface area contributed by atoms with Gasteiger partial charge in [0.05, 0.1) is 5.69 Å². The van der Waals surface area contributed by atoms with Crippen molar-refractivity contribution in [3.8, 4) is 11.3 Å². The smallest absolute Gasteiger partial charge is 0.326 e. The Morgan fingerprint density at radius 1 is 1.17 bits per heavy atom. The van der Waals surface area contributed by atoms with E-state index in [4.69, 9.17) is 5.73 Å². The summed E-state index contributed by atoms with van der Waals surface area (Å²) in [6, 6.07) is 5.00. The lowest BCUT2D eigenvalue weighted by Crippen LogP contribution is -2.11. The summed E-state index contributed by atoms with van der Waals surface area (Å²) < 4.78 is 50.7. The molecule has 0 radical (unpaired) electrons. The number of nitrogens with zero attached hydrogens (tertiary/aromatic N) is 1. The summed E-state index contributed by atoms with van der Waals surface area (Å²) in [5, 5.41) is 5.54. The average molecular weight is 259 g/mol. The van der Waals surface area contributed by atoms with E-state index in [9.17, 15) is 17.6 Å². The quantitative estimate of drug-likeness (QED) is 0.815. The number of aromatic amines is 1. The molecule has 0 aliphatic rings. The van der Waals surface area contributed by atoms with Crippen LogP contribution < -0.4 is 5.73 Å². The first kappa shape index (κ1) is 12.6. The Kier molecular flexibility index (Phi) is 3.08. The second-order valence-corrected chi connectivity index (χ2v) is 3.63. The van der Waals surface area contributed by atoms with E-state index >= 15 is 0 Å². The van der Waals surface area contributed by atoms with Crippen molar-refractivity contribution in [3.63, 3.8) is 0 Å². The molecule has 18 heavy (non-hydrogen) atoms. The van der Waals surface area contributed by atoms with Crippen LogP contribution in [0.4, 0.5) is 17.6 Å². The number of halogens is 4. The van der Waals surface area contributed by atoms with Crippen LogP contribution in [0.15, 0.2) is 24.3 Å². The molecule has 0 aliphatic carbocycles. The fourth-order valence-corrected chi connectivity index (χ4v) is 1.64. The first-order valence-electron chi connectivity index (χ1n) is 5.04. The van der Waals surface area contributed by atoms with Crippen LogP contribution in [0.3, 0.4) is 0 Å². The molecule has 1 aromatic carbocycles. The standard InChI is InChI=1S/C11H9F4N3/c12-7-3-1-6(2-4-7)9-8(5-16)10(18-17-9)11(13,14)15/h1-4H,5,16H2,(H,17,18). The van der Waals surface area contributed by atoms with Crippen LogP contribution in [0.5, 0.6) is 0 Å². The molecule has 2 rings (SSSR count). The number of aromatic nitrogens is 2. The maximum atomic E-state index is 12.7. The Morgan fingerprint density at radius 3 is 2.28 bits per heavy atom. The largest absolute Gasteiger partial charge is 0.433 e. The third-order valence-corrected chi connectivity index (χ3v) is 2.47. The number of nitrogens with one attached hydrogen (secondary N) is 1. The average Bonchev–Trinajstić information content (AvgIpc) is 2.73. The van der Waals surface area contributed by atoms with Crippen molar-refractivity contribution >= 4 is 0 Å². The van der Waals surface area contributed by atoms with Gasteiger partial charge in [0, 0.05) is 17.7 Å². The van der Waals surface area contributed by atoms with Crippen LogP contribution in [0.1, 0.15) is 11.3 Å². The van der Waals surface area contributed by atoms with Gasteiger partial charge in [0.15, 0.2) is 0 Å². The van der Waals surface area contributed by atoms with Gasteiger partial charge in [0.2, 0.25) is 0 Å². The molecule has 0 fully saturated rings. The molecule has 0 bridgehead atoms. The van der Waals surface area contributed by atoms with Gasteiger partial charge in [0.25, 0.3) is 0 Å². The van der Waals surface area contributed by atoms with Crippen molar-refractivity contribution in [3.05, 3.63) is 41.3 Å². The minimum absolute atomic E-state index is 0.0878. The van der Waals surface area contributed by atoms with E-state index in [-0.39, 0.29) is 17.8 Å². The molecule has 2 aromatic rings. The lowest BCUT2D eigenvalue weighted by Gasteiger charge is -2.06. The molecule has 0 atom stereocenters. The molecule has 0 spiro atoms. The first-order valence-corrected chi connectivity index (χ1v) is 5.04. The number of benzene rings is 1. The summed E-state index contributed by atoms with van der Waals surface area (Å²) >= 11 is 0. The molecular weight excluding hydrogens is 250 g/mol. The van der Waals surface area contributed by atoms with E-state index < -0.39 is 17.7 Å². The van der Waals surface area contributed by atoms with Crippen LogP contribution in [0.2, 0.25) is 0 Å². The number of hydrogen-bond acceptors (Lipinski definition) is 2. The lowest BCUT2D eigenvalue weighted by atomic mass is 10.1. The van der Waals surface area contributed by atoms with Crippen molar-refractivity contribution in [1.82, 2.24) is 10.2 Å². The van der Waals surface area contributed by atoms with E-state index in [0.29, 0.717) is 5.56 Å². The molecule has 3 nitrogen and oxygen atoms in total. The maximum absolute atomic E-state index is 12.7. The second-order valence-electron chi connectivity index (χ2n) is 3.63. The minimum atomic E-state index is -4.54. The zero-order chi connectivity index (χ0) is 13.3. The summed E-state index contributed by atoms with van der Waals surface area (Å²) in [5.74, 6) is -0.473. The third kappa shape index (κ3) is 2.21. The Hall–Kier alpha value is -1.89. The number of hydrogen-bond donors (Lipinski definition) is 2. The van der Waals surface area contributed by atoms with E-state index in [1.165, 1.54) is 12.1 Å². The van der Waals surface area contributed by atoms with Gasteiger partial charge in [-0.1, -0.05) is 0 Å². The molecule has 3 N–H and O–H groups in total. The number of nitrogens with two attached hydrogens (primary N) is 1. The Balaban J connectivity index is 2.52. The number of alkyl halides is 3. The molecule has 7 heteroatoms. The molecule has 0 saturated heterocycles. The molecular formula is C11H9F4N3. The predicted octanol–water partition coefficient (Wildman–Crippen LogP) is 2.69. The van der Waals surface area contributed by atoms with Crippen LogP contribution >= 0.6 is 0 Å². The Morgan fingerprint density at radius 2 is 1.78 bits per heavy atom. The molecule has 1 aromatic heterocycles. The van der Waals surface area contributed by atoms with Gasteiger partial charge >= 0.3 is 6.18 Å². The zero-order valence-corrected chi connectivity index (χ0v) is 9.05. The highest BCUT2D eigenvalue weighted by molar-refractivity contribution is 5.64. The van der Waals surface area contributed by atoms with Crippen LogP contribution in [0.25, 0.3) is 11.3 Å². The summed E-state index contributed by atoms with van der Waals surface area (Å²) in [6.07, 6.45) is -4.54. The SMILES string of the molecule is NCc1c(-c2ccc(F)cc2)n[nH]c1C(F)(F)F. The summed E-state index contributed by atoms with van der Waals surface area (Å²) in [6.45, 7) is -0.307. The van der Waals surface area contributed by atoms with Crippen LogP contribution in [-0.2, 0) is 12.7 Å². The van der Waals surface area contributed by atoms with Crippen LogP contribution in [0, 0.1) is 5.82 Å². The van der Waals surface area contributed by atoms with Gasteiger partial charge in [-0.25, -0.2) is 4.39 Å². The number of H-pyrrole nitrogens is 1. The predicted molar refractivity (Wildman–Crippen MR) is 56.9 cm³/mol. The summed E-state index contributed by atoms with van der Waals surface area (Å²) in [7, 11) is 0. The van der Waals surface area contributed by atoms with Gasteiger partial charge < -0.3 is 5.73 Å². The number of rotatable bonds is 2. The monoisotopic (exact) mass is 259 g/mol. The highest BCUT2D eigenvalue weighted by atomic mass is 19.4. The van der Waals surface area contributed by atoms with Crippen molar-refractivity contribution in [2.24, 2.45) is 5.73 Å². The van der Waals surface area contributed by atoms with Gasteiger partial charge in [-0.2, -0.15) is 18.3 Å². The van der Waals surface area contributed by atoms with Crippen molar-refractivity contribution in [2.75, 3.05) is 0 Å². The van der Waals surface area contributed by atoms with E-state index in [1.54, 1.807) is 0 Å². The second kappa shape index (κ2) is 4.41. The highest BCUT2D eigenvalue weighted by Gasteiger charge is 2.36. The van der Waals surface area contributed by atoms with Crippen molar-refractivity contribution < 1.29 is 17.6 Å². The van der Waals surface area contributed by atoms with Crippen LogP contribution in [-0.4, -0.2) is 10.2 Å². The molecule has 0 saturated carbocycles. The zero-order valence-electron chi connectivity index (χ0n) is 9.05. The first-order chi connectivity index (χ1) is 8.43.